The number of aromatic nitrogens is 2. The molecule has 1 aliphatic carbocycles. The van der Waals surface area contributed by atoms with Crippen LogP contribution in [0.2, 0.25) is 5.02 Å². The van der Waals surface area contributed by atoms with Crippen molar-refractivity contribution in [2.45, 2.75) is 71.6 Å². The van der Waals surface area contributed by atoms with Crippen LogP contribution in [0.25, 0.3) is 0 Å². The van der Waals surface area contributed by atoms with Gasteiger partial charge in [-0.05, 0) is 44.9 Å². The van der Waals surface area contributed by atoms with Crippen LogP contribution in [0.3, 0.4) is 0 Å². The van der Waals surface area contributed by atoms with E-state index in [2.05, 4.69) is 31.2 Å². The quantitative estimate of drug-likeness (QED) is 0.848. The minimum Gasteiger partial charge on any atom is -0.389 e. The molecule has 1 aromatic heterocycles. The molecular weight excluding hydrogens is 286 g/mol. The summed E-state index contributed by atoms with van der Waals surface area (Å²) in [5.41, 5.74) is 1.44. The number of aliphatic hydroxyl groups is 1. The van der Waals surface area contributed by atoms with E-state index >= 15 is 0 Å². The Morgan fingerprint density at radius 2 is 2.05 bits per heavy atom. The highest BCUT2D eigenvalue weighted by atomic mass is 35.5. The number of halogens is 1. The van der Waals surface area contributed by atoms with Crippen molar-refractivity contribution in [3.05, 3.63) is 16.4 Å². The number of nitrogens with one attached hydrogen (secondary N) is 1. The first-order chi connectivity index (χ1) is 9.99. The summed E-state index contributed by atoms with van der Waals surface area (Å²) in [6.45, 7) is 8.51. The summed E-state index contributed by atoms with van der Waals surface area (Å²) in [5.74, 6) is 0.744. The van der Waals surface area contributed by atoms with Crippen LogP contribution >= 0.6 is 11.6 Å². The lowest BCUT2D eigenvalue weighted by molar-refractivity contribution is -0.00641. The fourth-order valence-corrected chi connectivity index (χ4v) is 3.41. The van der Waals surface area contributed by atoms with Gasteiger partial charge >= 0.3 is 0 Å². The zero-order chi connectivity index (χ0) is 15.5. The Labute approximate surface area is 132 Å². The highest BCUT2D eigenvalue weighted by Crippen LogP contribution is 2.31. The highest BCUT2D eigenvalue weighted by molar-refractivity contribution is 6.31. The average Bonchev–Trinajstić information content (AvgIpc) is 2.79. The van der Waals surface area contributed by atoms with E-state index in [9.17, 15) is 5.11 Å². The van der Waals surface area contributed by atoms with E-state index in [1.54, 1.807) is 0 Å². The van der Waals surface area contributed by atoms with E-state index in [0.29, 0.717) is 13.1 Å². The van der Waals surface area contributed by atoms with Gasteiger partial charge in [0.05, 0.1) is 22.0 Å². The van der Waals surface area contributed by atoms with Crippen molar-refractivity contribution in [3.63, 3.8) is 0 Å². The van der Waals surface area contributed by atoms with Gasteiger partial charge in [-0.3, -0.25) is 4.68 Å². The molecule has 1 heterocycles. The molecule has 0 bridgehead atoms. The van der Waals surface area contributed by atoms with Crippen LogP contribution in [0.5, 0.6) is 0 Å². The third-order valence-corrected chi connectivity index (χ3v) is 5.08. The predicted octanol–water partition coefficient (Wildman–Crippen LogP) is 3.15. The lowest BCUT2D eigenvalue weighted by Gasteiger charge is -2.35. The summed E-state index contributed by atoms with van der Waals surface area (Å²) in [5, 5.41) is 19.3. The summed E-state index contributed by atoms with van der Waals surface area (Å²) in [6.07, 6.45) is 4.86. The molecule has 0 aliphatic heterocycles. The van der Waals surface area contributed by atoms with Gasteiger partial charge in [0.2, 0.25) is 0 Å². The number of nitrogens with zero attached hydrogens (tertiary/aromatic N) is 2. The van der Waals surface area contributed by atoms with Crippen molar-refractivity contribution < 1.29 is 5.11 Å². The molecule has 0 unspecified atom stereocenters. The Bertz CT molecular complexity index is 464. The molecule has 120 valence electrons. The molecule has 1 saturated carbocycles. The molecule has 4 nitrogen and oxygen atoms in total. The van der Waals surface area contributed by atoms with Gasteiger partial charge in [-0.2, -0.15) is 5.10 Å². The Hall–Kier alpha value is -0.580. The van der Waals surface area contributed by atoms with E-state index in [0.717, 1.165) is 61.0 Å². The van der Waals surface area contributed by atoms with Crippen molar-refractivity contribution in [2.24, 2.45) is 5.92 Å². The van der Waals surface area contributed by atoms with E-state index in [4.69, 9.17) is 11.6 Å². The molecule has 2 rings (SSSR count). The van der Waals surface area contributed by atoms with E-state index in [1.165, 1.54) is 0 Å². The van der Waals surface area contributed by atoms with Gasteiger partial charge in [-0.15, -0.1) is 0 Å². The topological polar surface area (TPSA) is 50.1 Å². The van der Waals surface area contributed by atoms with Crippen LogP contribution in [0, 0.1) is 5.92 Å². The van der Waals surface area contributed by atoms with E-state index < -0.39 is 5.60 Å². The van der Waals surface area contributed by atoms with Gasteiger partial charge in [0.25, 0.3) is 0 Å². The van der Waals surface area contributed by atoms with Crippen LogP contribution in [-0.2, 0) is 19.5 Å². The van der Waals surface area contributed by atoms with Crippen LogP contribution < -0.4 is 5.32 Å². The number of rotatable bonds is 6. The van der Waals surface area contributed by atoms with Gasteiger partial charge in [0, 0.05) is 19.6 Å². The fourth-order valence-electron chi connectivity index (χ4n) is 3.08. The first-order valence-corrected chi connectivity index (χ1v) is 8.54. The van der Waals surface area contributed by atoms with Gasteiger partial charge in [-0.1, -0.05) is 25.4 Å². The molecule has 0 radical (unpaired) electrons. The molecule has 21 heavy (non-hydrogen) atoms. The number of hydrogen-bond donors (Lipinski definition) is 2. The molecule has 5 heteroatoms. The molecule has 0 aromatic carbocycles. The van der Waals surface area contributed by atoms with Gasteiger partial charge in [0.15, 0.2) is 0 Å². The molecular formula is C16H28ClN3O. The van der Waals surface area contributed by atoms with Crippen LogP contribution in [0.15, 0.2) is 0 Å². The summed E-state index contributed by atoms with van der Waals surface area (Å²) >= 11 is 6.40. The Balaban J connectivity index is 1.93. The number of hydrogen-bond acceptors (Lipinski definition) is 3. The zero-order valence-electron chi connectivity index (χ0n) is 13.5. The van der Waals surface area contributed by atoms with Crippen molar-refractivity contribution in [1.82, 2.24) is 15.1 Å². The highest BCUT2D eigenvalue weighted by Gasteiger charge is 2.31. The summed E-state index contributed by atoms with van der Waals surface area (Å²) < 4.78 is 1.96. The predicted molar refractivity (Wildman–Crippen MR) is 86.6 cm³/mol. The third-order valence-electron chi connectivity index (χ3n) is 4.65. The Kier molecular flexibility index (Phi) is 5.69. The van der Waals surface area contributed by atoms with Crippen LogP contribution in [0.4, 0.5) is 0 Å². The monoisotopic (exact) mass is 313 g/mol. The van der Waals surface area contributed by atoms with Crippen molar-refractivity contribution >= 4 is 11.6 Å². The third kappa shape index (κ3) is 3.99. The van der Waals surface area contributed by atoms with E-state index in [-0.39, 0.29) is 0 Å². The van der Waals surface area contributed by atoms with Crippen molar-refractivity contribution in [1.29, 1.82) is 0 Å². The smallest absolute Gasteiger partial charge is 0.0863 e. The minimum absolute atomic E-state index is 0.552. The molecule has 1 fully saturated rings. The molecule has 2 N–H and O–H groups in total. The summed E-state index contributed by atoms with van der Waals surface area (Å²) in [4.78, 5) is 0. The molecule has 0 amide bonds. The summed E-state index contributed by atoms with van der Waals surface area (Å²) in [6, 6.07) is 0. The second kappa shape index (κ2) is 7.12. The molecule has 0 saturated heterocycles. The average molecular weight is 314 g/mol. The lowest BCUT2D eigenvalue weighted by Crippen LogP contribution is -2.43. The second-order valence-electron chi connectivity index (χ2n) is 6.39. The maximum Gasteiger partial charge on any atom is 0.0863 e. The van der Waals surface area contributed by atoms with Crippen molar-refractivity contribution in [2.75, 3.05) is 6.54 Å². The lowest BCUT2D eigenvalue weighted by atomic mass is 9.79. The first-order valence-electron chi connectivity index (χ1n) is 8.16. The number of aryl methyl sites for hydroxylation is 2. The summed E-state index contributed by atoms with van der Waals surface area (Å²) in [7, 11) is 0. The normalized spacial score (nSPS) is 26.2. The largest absolute Gasteiger partial charge is 0.389 e. The molecule has 0 atom stereocenters. The zero-order valence-corrected chi connectivity index (χ0v) is 14.2. The van der Waals surface area contributed by atoms with Gasteiger partial charge in [0.1, 0.15) is 0 Å². The Morgan fingerprint density at radius 1 is 1.38 bits per heavy atom. The SMILES string of the molecule is CCc1nn(CC)c(CNCC2(O)CCC(C)CC2)c1Cl. The fraction of sp³-hybridized carbons (Fsp3) is 0.812. The Morgan fingerprint density at radius 3 is 2.62 bits per heavy atom. The maximum atomic E-state index is 10.6. The second-order valence-corrected chi connectivity index (χ2v) is 6.77. The first kappa shape index (κ1) is 16.8. The van der Waals surface area contributed by atoms with E-state index in [1.807, 2.05) is 4.68 Å². The standard InChI is InChI=1S/C16H28ClN3O/c1-4-13-15(17)14(20(5-2)19-13)10-18-11-16(21)8-6-12(3)7-9-16/h12,18,21H,4-11H2,1-3H3. The van der Waals surface area contributed by atoms with Crippen LogP contribution in [-0.4, -0.2) is 27.0 Å². The minimum atomic E-state index is -0.552. The van der Waals surface area contributed by atoms with Gasteiger partial charge < -0.3 is 10.4 Å². The van der Waals surface area contributed by atoms with Crippen LogP contribution in [0.1, 0.15) is 57.8 Å². The van der Waals surface area contributed by atoms with Crippen molar-refractivity contribution in [3.8, 4) is 0 Å². The maximum absolute atomic E-state index is 10.6. The molecule has 0 spiro atoms. The molecule has 1 aromatic rings. The van der Waals surface area contributed by atoms with Gasteiger partial charge in [-0.25, -0.2) is 0 Å². The molecule has 1 aliphatic rings.